The van der Waals surface area contributed by atoms with E-state index in [0.29, 0.717) is 6.61 Å². The van der Waals surface area contributed by atoms with E-state index >= 15 is 0 Å². The van der Waals surface area contributed by atoms with Gasteiger partial charge in [0.2, 0.25) is 0 Å². The van der Waals surface area contributed by atoms with Crippen molar-refractivity contribution in [3.63, 3.8) is 0 Å². The first kappa shape index (κ1) is 11.5. The third kappa shape index (κ3) is 5.25. The molecule has 0 atom stereocenters. The number of unbranched alkanes of at least 4 members (excludes halogenated alkanes) is 2. The van der Waals surface area contributed by atoms with Crippen LogP contribution in [0.25, 0.3) is 0 Å². The Morgan fingerprint density at radius 2 is 1.86 bits per heavy atom. The van der Waals surface area contributed by atoms with Gasteiger partial charge >= 0.3 is 6.47 Å². The minimum absolute atomic E-state index is 0.550. The molecular weight excluding hydrogens is 176 g/mol. The molecule has 0 aromatic carbocycles. The molecule has 1 saturated carbocycles. The molecular formula is C12H21O2. The quantitative estimate of drug-likeness (QED) is 0.586. The fourth-order valence-corrected chi connectivity index (χ4v) is 2.30. The highest BCUT2D eigenvalue weighted by Crippen LogP contribution is 2.27. The van der Waals surface area contributed by atoms with E-state index in [1.165, 1.54) is 57.8 Å². The second-order valence-electron chi connectivity index (χ2n) is 4.29. The topological polar surface area (TPSA) is 26.3 Å². The average molecular weight is 197 g/mol. The molecule has 1 fully saturated rings. The molecule has 0 spiro atoms. The van der Waals surface area contributed by atoms with Gasteiger partial charge in [-0.1, -0.05) is 51.4 Å². The minimum Gasteiger partial charge on any atom is -0.457 e. The van der Waals surface area contributed by atoms with Crippen molar-refractivity contribution in [2.75, 3.05) is 6.61 Å². The second-order valence-corrected chi connectivity index (χ2v) is 4.29. The van der Waals surface area contributed by atoms with Crippen LogP contribution >= 0.6 is 0 Å². The van der Waals surface area contributed by atoms with Crippen molar-refractivity contribution in [2.45, 2.75) is 57.8 Å². The molecule has 0 aromatic heterocycles. The molecule has 1 radical (unpaired) electrons. The summed E-state index contributed by atoms with van der Waals surface area (Å²) in [6.45, 7) is 2.01. The van der Waals surface area contributed by atoms with E-state index in [4.69, 9.17) is 0 Å². The summed E-state index contributed by atoms with van der Waals surface area (Å²) in [5.74, 6) is 0.988. The molecule has 14 heavy (non-hydrogen) atoms. The van der Waals surface area contributed by atoms with E-state index in [9.17, 15) is 4.79 Å². The van der Waals surface area contributed by atoms with Crippen LogP contribution in [0.3, 0.4) is 0 Å². The second kappa shape index (κ2) is 7.84. The van der Waals surface area contributed by atoms with Crippen LogP contribution in [0.15, 0.2) is 0 Å². The monoisotopic (exact) mass is 197 g/mol. The molecule has 1 aliphatic carbocycles. The molecule has 0 bridgehead atoms. The number of carbonyl (C=O) groups excluding carboxylic acids is 1. The lowest BCUT2D eigenvalue weighted by Gasteiger charge is -2.21. The fourth-order valence-electron chi connectivity index (χ4n) is 2.30. The maximum Gasteiger partial charge on any atom is 0.417 e. The van der Waals surface area contributed by atoms with Gasteiger partial charge in [-0.05, 0) is 12.3 Å². The highest BCUT2D eigenvalue weighted by Gasteiger charge is 2.12. The number of hydrogen-bond donors (Lipinski definition) is 0. The van der Waals surface area contributed by atoms with E-state index in [1.807, 2.05) is 0 Å². The van der Waals surface area contributed by atoms with Crippen molar-refractivity contribution in [2.24, 2.45) is 5.92 Å². The van der Waals surface area contributed by atoms with Crippen molar-refractivity contribution in [1.82, 2.24) is 0 Å². The summed E-state index contributed by atoms with van der Waals surface area (Å²) >= 11 is 0. The van der Waals surface area contributed by atoms with E-state index < -0.39 is 0 Å². The van der Waals surface area contributed by atoms with E-state index in [-0.39, 0.29) is 0 Å². The Morgan fingerprint density at radius 3 is 2.57 bits per heavy atom. The molecule has 0 aromatic rings. The van der Waals surface area contributed by atoms with Gasteiger partial charge in [-0.3, -0.25) is 0 Å². The lowest BCUT2D eigenvalue weighted by atomic mass is 9.86. The molecule has 0 heterocycles. The molecule has 1 rings (SSSR count). The smallest absolute Gasteiger partial charge is 0.417 e. The lowest BCUT2D eigenvalue weighted by molar-refractivity contribution is 0.264. The summed E-state index contributed by atoms with van der Waals surface area (Å²) < 4.78 is 4.52. The fraction of sp³-hybridized carbons (Fsp3) is 0.917. The molecule has 2 heteroatoms. The van der Waals surface area contributed by atoms with E-state index in [0.717, 1.165) is 12.3 Å². The standard InChI is InChI=1S/C12H21O2/c13-11-14-10-6-2-5-9-12-7-3-1-4-8-12/h12H,1-10H2. The van der Waals surface area contributed by atoms with Gasteiger partial charge in [0.05, 0.1) is 6.61 Å². The minimum atomic E-state index is 0.550. The third-order valence-corrected chi connectivity index (χ3v) is 3.14. The first-order chi connectivity index (χ1) is 6.93. The highest BCUT2D eigenvalue weighted by atomic mass is 16.5. The third-order valence-electron chi connectivity index (χ3n) is 3.14. The maximum atomic E-state index is 9.74. The lowest BCUT2D eigenvalue weighted by Crippen LogP contribution is -2.05. The van der Waals surface area contributed by atoms with Crippen LogP contribution in [0.4, 0.5) is 0 Å². The predicted molar refractivity (Wildman–Crippen MR) is 56.7 cm³/mol. The molecule has 0 saturated heterocycles. The first-order valence-electron chi connectivity index (χ1n) is 5.92. The Labute approximate surface area is 87.0 Å². The summed E-state index contributed by atoms with van der Waals surface area (Å²) in [6, 6.07) is 0. The average Bonchev–Trinajstić information content (AvgIpc) is 2.25. The van der Waals surface area contributed by atoms with Crippen LogP contribution < -0.4 is 0 Å². The summed E-state index contributed by atoms with van der Waals surface area (Å²) in [5, 5.41) is 0. The van der Waals surface area contributed by atoms with E-state index in [1.54, 1.807) is 0 Å². The van der Waals surface area contributed by atoms with Gasteiger partial charge in [0.25, 0.3) is 0 Å². The maximum absolute atomic E-state index is 9.74. The Hall–Kier alpha value is -0.530. The Morgan fingerprint density at radius 1 is 1.07 bits per heavy atom. The molecule has 81 valence electrons. The van der Waals surface area contributed by atoms with Gasteiger partial charge in [-0.25, -0.2) is 4.79 Å². The zero-order valence-electron chi connectivity index (χ0n) is 8.96. The molecule has 0 aliphatic heterocycles. The van der Waals surface area contributed by atoms with Gasteiger partial charge in [0.1, 0.15) is 0 Å². The van der Waals surface area contributed by atoms with Crippen LogP contribution in [0, 0.1) is 5.92 Å². The van der Waals surface area contributed by atoms with Crippen molar-refractivity contribution < 1.29 is 9.53 Å². The zero-order valence-corrected chi connectivity index (χ0v) is 8.96. The molecule has 0 N–H and O–H groups in total. The number of rotatable bonds is 7. The van der Waals surface area contributed by atoms with Crippen LogP contribution in [0.2, 0.25) is 0 Å². The summed E-state index contributed by atoms with van der Waals surface area (Å²) in [5.41, 5.74) is 0. The van der Waals surface area contributed by atoms with Crippen LogP contribution in [-0.2, 0) is 9.53 Å². The Bertz CT molecular complexity index is 139. The summed E-state index contributed by atoms with van der Waals surface area (Å²) in [4.78, 5) is 9.74. The van der Waals surface area contributed by atoms with E-state index in [2.05, 4.69) is 4.74 Å². The van der Waals surface area contributed by atoms with Gasteiger partial charge in [-0.15, -0.1) is 0 Å². The summed E-state index contributed by atoms with van der Waals surface area (Å²) in [7, 11) is 0. The molecule has 2 nitrogen and oxygen atoms in total. The Kier molecular flexibility index (Phi) is 6.46. The predicted octanol–water partition coefficient (Wildman–Crippen LogP) is 3.21. The van der Waals surface area contributed by atoms with Gasteiger partial charge in [0, 0.05) is 0 Å². The SMILES string of the molecule is O=[C]OCCCCCC1CCCCC1. The molecule has 1 aliphatic rings. The number of ether oxygens (including phenoxy) is 1. The molecule has 0 unspecified atom stereocenters. The van der Waals surface area contributed by atoms with Gasteiger partial charge < -0.3 is 4.74 Å². The Balaban J connectivity index is 1.85. The van der Waals surface area contributed by atoms with Crippen LogP contribution in [0.5, 0.6) is 0 Å². The van der Waals surface area contributed by atoms with Gasteiger partial charge in [-0.2, -0.15) is 0 Å². The number of hydrogen-bond acceptors (Lipinski definition) is 2. The van der Waals surface area contributed by atoms with Crippen molar-refractivity contribution >= 4 is 6.47 Å². The van der Waals surface area contributed by atoms with Crippen molar-refractivity contribution in [3.8, 4) is 0 Å². The normalized spacial score (nSPS) is 18.0. The van der Waals surface area contributed by atoms with Crippen LogP contribution in [-0.4, -0.2) is 13.1 Å². The van der Waals surface area contributed by atoms with Crippen molar-refractivity contribution in [3.05, 3.63) is 0 Å². The van der Waals surface area contributed by atoms with Gasteiger partial charge in [0.15, 0.2) is 0 Å². The van der Waals surface area contributed by atoms with Crippen molar-refractivity contribution in [1.29, 1.82) is 0 Å². The zero-order chi connectivity index (χ0) is 10.1. The molecule has 0 amide bonds. The first-order valence-corrected chi connectivity index (χ1v) is 5.92. The van der Waals surface area contributed by atoms with Crippen LogP contribution in [0.1, 0.15) is 57.8 Å². The largest absolute Gasteiger partial charge is 0.457 e. The highest BCUT2D eigenvalue weighted by molar-refractivity contribution is 5.37. The summed E-state index contributed by atoms with van der Waals surface area (Å²) in [6.07, 6.45) is 12.1.